The highest BCUT2D eigenvalue weighted by molar-refractivity contribution is 5.89. The lowest BCUT2D eigenvalue weighted by Crippen LogP contribution is -2.51. The van der Waals surface area contributed by atoms with Crippen LogP contribution in [0, 0.1) is 46.3 Å². The van der Waals surface area contributed by atoms with Crippen molar-refractivity contribution in [1.82, 2.24) is 0 Å². The molecule has 8 atom stereocenters. The molecule has 1 aromatic rings. The van der Waals surface area contributed by atoms with E-state index >= 15 is 0 Å². The average Bonchev–Trinajstić information content (AvgIpc) is 3.22. The van der Waals surface area contributed by atoms with Gasteiger partial charge in [0.15, 0.2) is 0 Å². The number of hydrogen-bond donors (Lipinski definition) is 0. The first-order chi connectivity index (χ1) is 17.2. The maximum atomic E-state index is 12.7. The molecule has 0 aromatic heterocycles. The summed E-state index contributed by atoms with van der Waals surface area (Å²) in [5.74, 6) is 5.08. The summed E-state index contributed by atoms with van der Waals surface area (Å²) in [5.41, 5.74) is 3.12. The van der Waals surface area contributed by atoms with Crippen molar-refractivity contribution in [2.24, 2.45) is 46.3 Å². The van der Waals surface area contributed by atoms with Gasteiger partial charge in [-0.2, -0.15) is 0 Å². The number of carbonyl (C=O) groups is 1. The zero-order valence-electron chi connectivity index (χ0n) is 23.6. The highest BCUT2D eigenvalue weighted by Gasteiger charge is 2.59. The Labute approximate surface area is 220 Å². The van der Waals surface area contributed by atoms with Gasteiger partial charge in [-0.15, -0.1) is 0 Å². The summed E-state index contributed by atoms with van der Waals surface area (Å²) in [6.07, 6.45) is 17.0. The molecule has 0 saturated heterocycles. The van der Waals surface area contributed by atoms with Crippen molar-refractivity contribution >= 4 is 5.97 Å². The Morgan fingerprint density at radius 2 is 1.72 bits per heavy atom. The number of hydrogen-bond acceptors (Lipinski definition) is 2. The maximum Gasteiger partial charge on any atom is 0.338 e. The monoisotopic (exact) mass is 490 g/mol. The Morgan fingerprint density at radius 3 is 2.47 bits per heavy atom. The van der Waals surface area contributed by atoms with E-state index in [9.17, 15) is 4.79 Å². The van der Waals surface area contributed by atoms with Crippen LogP contribution in [0.5, 0.6) is 0 Å². The number of fused-ring (bicyclic) bond motifs is 5. The van der Waals surface area contributed by atoms with Gasteiger partial charge in [0.1, 0.15) is 6.10 Å². The second kappa shape index (κ2) is 10.3. The zero-order valence-corrected chi connectivity index (χ0v) is 23.6. The van der Waals surface area contributed by atoms with Crippen LogP contribution in [0.1, 0.15) is 116 Å². The second-order valence-corrected chi connectivity index (χ2v) is 13.9. The number of benzene rings is 1. The van der Waals surface area contributed by atoms with Crippen LogP contribution >= 0.6 is 0 Å². The van der Waals surface area contributed by atoms with Gasteiger partial charge in [0.25, 0.3) is 0 Å². The van der Waals surface area contributed by atoms with Gasteiger partial charge >= 0.3 is 5.97 Å². The molecular weight excluding hydrogens is 440 g/mol. The van der Waals surface area contributed by atoms with Crippen LogP contribution in [0.4, 0.5) is 0 Å². The van der Waals surface area contributed by atoms with Crippen LogP contribution in [0.25, 0.3) is 0 Å². The first kappa shape index (κ1) is 26.1. The molecule has 5 rings (SSSR count). The van der Waals surface area contributed by atoms with Crippen LogP contribution in [0.15, 0.2) is 42.0 Å². The van der Waals surface area contributed by atoms with Crippen molar-refractivity contribution in [1.29, 1.82) is 0 Å². The molecule has 2 nitrogen and oxygen atoms in total. The zero-order chi connectivity index (χ0) is 25.5. The van der Waals surface area contributed by atoms with E-state index in [1.54, 1.807) is 5.57 Å². The predicted octanol–water partition coefficient (Wildman–Crippen LogP) is 9.25. The number of rotatable bonds is 7. The van der Waals surface area contributed by atoms with Crippen LogP contribution in [0.2, 0.25) is 0 Å². The van der Waals surface area contributed by atoms with Gasteiger partial charge in [-0.05, 0) is 116 Å². The molecule has 198 valence electrons. The lowest BCUT2D eigenvalue weighted by molar-refractivity contribution is -0.0635. The lowest BCUT2D eigenvalue weighted by Gasteiger charge is -2.59. The van der Waals surface area contributed by atoms with E-state index in [0.29, 0.717) is 16.4 Å². The molecular formula is C34H50O2. The summed E-state index contributed by atoms with van der Waals surface area (Å²) in [7, 11) is 0. The number of allylic oxidation sites excluding steroid dienone is 1. The van der Waals surface area contributed by atoms with Crippen LogP contribution in [-0.4, -0.2) is 12.1 Å². The number of esters is 1. The van der Waals surface area contributed by atoms with E-state index in [2.05, 4.69) is 40.7 Å². The third-order valence-corrected chi connectivity index (χ3v) is 11.5. The highest BCUT2D eigenvalue weighted by Crippen LogP contribution is 2.67. The standard InChI is InChI=1S/C34H50O2/c1-23(2)10-9-11-24(3)29-16-17-30-28-15-14-26-22-27(36-32(35)25-12-7-6-8-13-25)18-20-33(26,4)31(28)19-21-34(29,30)5/h6-8,12-13,22-24,27-31H,9-11,14-21H2,1-5H3/t24-,27+,28-,29+,30-,31-,33+,34+/m1/s1. The van der Waals surface area contributed by atoms with E-state index in [0.717, 1.165) is 41.9 Å². The van der Waals surface area contributed by atoms with Crippen LogP contribution < -0.4 is 0 Å². The van der Waals surface area contributed by atoms with E-state index in [-0.39, 0.29) is 12.1 Å². The molecule has 2 heteroatoms. The first-order valence-corrected chi connectivity index (χ1v) is 15.2. The minimum atomic E-state index is -0.178. The minimum Gasteiger partial charge on any atom is -0.455 e. The summed E-state index contributed by atoms with van der Waals surface area (Å²) in [6, 6.07) is 9.47. The van der Waals surface area contributed by atoms with E-state index < -0.39 is 0 Å². The van der Waals surface area contributed by atoms with Gasteiger partial charge in [-0.3, -0.25) is 0 Å². The Morgan fingerprint density at radius 1 is 0.944 bits per heavy atom. The minimum absolute atomic E-state index is 0.0614. The molecule has 0 bridgehead atoms. The highest BCUT2D eigenvalue weighted by atomic mass is 16.5. The quantitative estimate of drug-likeness (QED) is 0.281. The van der Waals surface area contributed by atoms with E-state index in [1.165, 1.54) is 64.2 Å². The first-order valence-electron chi connectivity index (χ1n) is 15.2. The molecule has 0 amide bonds. The van der Waals surface area contributed by atoms with E-state index in [4.69, 9.17) is 4.74 Å². The lowest BCUT2D eigenvalue weighted by atomic mass is 9.46. The molecule has 3 fully saturated rings. The SMILES string of the molecule is CC(C)CCC[C@@H](C)[C@@H]1CC[C@@H]2[C@H]3CCC4=C[C@@H](OC(=O)c5ccccc5)CC[C@]4(C)[C@@H]3CC[C@]21C. The third-order valence-electron chi connectivity index (χ3n) is 11.5. The molecule has 4 aliphatic carbocycles. The summed E-state index contributed by atoms with van der Waals surface area (Å²) in [4.78, 5) is 12.7. The van der Waals surface area contributed by atoms with Gasteiger partial charge in [0, 0.05) is 0 Å². The second-order valence-electron chi connectivity index (χ2n) is 13.9. The summed E-state index contributed by atoms with van der Waals surface area (Å²) in [5, 5.41) is 0. The topological polar surface area (TPSA) is 26.3 Å². The molecule has 0 aliphatic heterocycles. The fourth-order valence-electron chi connectivity index (χ4n) is 9.59. The Hall–Kier alpha value is -1.57. The number of ether oxygens (including phenoxy) is 1. The summed E-state index contributed by atoms with van der Waals surface area (Å²) in [6.45, 7) is 12.6. The Kier molecular flexibility index (Phi) is 7.45. The molecule has 0 radical (unpaired) electrons. The van der Waals surface area contributed by atoms with Gasteiger partial charge in [-0.1, -0.05) is 77.7 Å². The Balaban J connectivity index is 1.26. The van der Waals surface area contributed by atoms with Crippen molar-refractivity contribution in [2.75, 3.05) is 0 Å². The van der Waals surface area contributed by atoms with Crippen LogP contribution in [0.3, 0.4) is 0 Å². The molecule has 3 saturated carbocycles. The molecule has 4 aliphatic rings. The average molecular weight is 491 g/mol. The molecule has 0 spiro atoms. The van der Waals surface area contributed by atoms with Crippen LogP contribution in [-0.2, 0) is 4.74 Å². The molecule has 0 unspecified atom stereocenters. The Bertz CT molecular complexity index is 947. The van der Waals surface area contributed by atoms with Crippen molar-refractivity contribution in [3.05, 3.63) is 47.5 Å². The smallest absolute Gasteiger partial charge is 0.338 e. The molecule has 0 heterocycles. The van der Waals surface area contributed by atoms with Crippen molar-refractivity contribution in [3.8, 4) is 0 Å². The van der Waals surface area contributed by atoms with Crippen molar-refractivity contribution in [2.45, 2.75) is 111 Å². The summed E-state index contributed by atoms with van der Waals surface area (Å²) >= 11 is 0. The molecule has 36 heavy (non-hydrogen) atoms. The largest absolute Gasteiger partial charge is 0.455 e. The van der Waals surface area contributed by atoms with Crippen molar-refractivity contribution < 1.29 is 9.53 Å². The molecule has 1 aromatic carbocycles. The molecule has 0 N–H and O–H groups in total. The van der Waals surface area contributed by atoms with Gasteiger partial charge in [0.05, 0.1) is 5.56 Å². The predicted molar refractivity (Wildman–Crippen MR) is 149 cm³/mol. The fourth-order valence-corrected chi connectivity index (χ4v) is 9.59. The maximum absolute atomic E-state index is 12.7. The van der Waals surface area contributed by atoms with Gasteiger partial charge in [0.2, 0.25) is 0 Å². The third kappa shape index (κ3) is 4.71. The van der Waals surface area contributed by atoms with Gasteiger partial charge < -0.3 is 4.74 Å². The fraction of sp³-hybridized carbons (Fsp3) is 0.735. The number of carbonyl (C=O) groups excluding carboxylic acids is 1. The normalized spacial score (nSPS) is 38.5. The summed E-state index contributed by atoms with van der Waals surface area (Å²) < 4.78 is 5.96. The van der Waals surface area contributed by atoms with E-state index in [1.807, 2.05) is 30.3 Å². The van der Waals surface area contributed by atoms with Gasteiger partial charge in [-0.25, -0.2) is 4.79 Å². The van der Waals surface area contributed by atoms with Crippen molar-refractivity contribution in [3.63, 3.8) is 0 Å².